The van der Waals surface area contributed by atoms with E-state index in [9.17, 15) is 13.2 Å². The van der Waals surface area contributed by atoms with Crippen molar-refractivity contribution in [2.75, 3.05) is 24.2 Å². The molecule has 0 radical (unpaired) electrons. The summed E-state index contributed by atoms with van der Waals surface area (Å²) in [6.45, 7) is 1.13. The van der Waals surface area contributed by atoms with E-state index in [4.69, 9.17) is 0 Å². The minimum Gasteiger partial charge on any atom is -0.283 e. The molecule has 1 saturated heterocycles. The quantitative estimate of drug-likeness (QED) is 0.622. The van der Waals surface area contributed by atoms with Crippen molar-refractivity contribution in [1.82, 2.24) is 14.3 Å². The summed E-state index contributed by atoms with van der Waals surface area (Å²) < 4.78 is 26.0. The predicted octanol–water partition coefficient (Wildman–Crippen LogP) is 2.90. The highest BCUT2D eigenvalue weighted by Crippen LogP contribution is 2.32. The first-order valence-corrected chi connectivity index (χ1v) is 12.1. The van der Waals surface area contributed by atoms with Gasteiger partial charge in [-0.15, -0.1) is 0 Å². The van der Waals surface area contributed by atoms with Crippen LogP contribution in [-0.4, -0.2) is 47.9 Å². The zero-order valence-electron chi connectivity index (χ0n) is 16.1. The van der Waals surface area contributed by atoms with E-state index >= 15 is 0 Å². The molecule has 29 heavy (non-hydrogen) atoms. The average Bonchev–Trinajstić information content (AvgIpc) is 3.15. The third-order valence-electron chi connectivity index (χ3n) is 5.12. The van der Waals surface area contributed by atoms with Gasteiger partial charge in [-0.05, 0) is 36.6 Å². The molecule has 3 aromatic rings. The Kier molecular flexibility index (Phi) is 5.62. The molecular weight excluding hydrogens is 408 g/mol. The van der Waals surface area contributed by atoms with E-state index in [1.54, 1.807) is 17.3 Å². The summed E-state index contributed by atoms with van der Waals surface area (Å²) in [5.41, 5.74) is 1.79. The monoisotopic (exact) mass is 430 g/mol. The lowest BCUT2D eigenvalue weighted by Crippen LogP contribution is -2.44. The molecule has 1 aliphatic heterocycles. The van der Waals surface area contributed by atoms with Crippen molar-refractivity contribution in [2.24, 2.45) is 5.92 Å². The number of fused-ring (bicyclic) bond motifs is 1. The summed E-state index contributed by atoms with van der Waals surface area (Å²) in [5.74, 6) is -0.238. The highest BCUT2D eigenvalue weighted by molar-refractivity contribution is 7.88. The van der Waals surface area contributed by atoms with Gasteiger partial charge in [0, 0.05) is 31.4 Å². The minimum absolute atomic E-state index is 0.0129. The highest BCUT2D eigenvalue weighted by Gasteiger charge is 2.33. The number of piperidine rings is 1. The molecule has 7 nitrogen and oxygen atoms in total. The number of nitrogens with zero attached hydrogens (tertiary/aromatic N) is 4. The molecule has 0 saturated carbocycles. The van der Waals surface area contributed by atoms with E-state index in [0.717, 1.165) is 15.8 Å². The van der Waals surface area contributed by atoms with Crippen molar-refractivity contribution in [1.29, 1.82) is 0 Å². The Morgan fingerprint density at radius 3 is 2.62 bits per heavy atom. The van der Waals surface area contributed by atoms with E-state index in [-0.39, 0.29) is 11.8 Å². The fourth-order valence-corrected chi connectivity index (χ4v) is 5.39. The van der Waals surface area contributed by atoms with Crippen LogP contribution < -0.4 is 4.90 Å². The second kappa shape index (κ2) is 8.17. The van der Waals surface area contributed by atoms with Crippen molar-refractivity contribution in [3.63, 3.8) is 0 Å². The minimum atomic E-state index is -3.22. The molecule has 1 fully saturated rings. The number of pyridine rings is 1. The van der Waals surface area contributed by atoms with Gasteiger partial charge in [0.2, 0.25) is 15.9 Å². The van der Waals surface area contributed by atoms with Crippen LogP contribution >= 0.6 is 11.3 Å². The van der Waals surface area contributed by atoms with E-state index in [2.05, 4.69) is 9.97 Å². The molecule has 0 spiro atoms. The fourth-order valence-electron chi connectivity index (χ4n) is 3.54. The molecule has 0 bridgehead atoms. The van der Waals surface area contributed by atoms with Crippen LogP contribution in [0.1, 0.15) is 18.4 Å². The Hall–Kier alpha value is -2.36. The maximum absolute atomic E-state index is 13.4. The van der Waals surface area contributed by atoms with Crippen molar-refractivity contribution >= 4 is 42.6 Å². The van der Waals surface area contributed by atoms with E-state index in [1.807, 2.05) is 36.4 Å². The zero-order valence-corrected chi connectivity index (χ0v) is 17.7. The molecular formula is C20H22N4O3S2. The number of rotatable bonds is 5. The summed E-state index contributed by atoms with van der Waals surface area (Å²) in [6.07, 6.45) is 5.69. The van der Waals surface area contributed by atoms with Gasteiger partial charge >= 0.3 is 0 Å². The number of anilines is 1. The third-order valence-corrected chi connectivity index (χ3v) is 7.48. The van der Waals surface area contributed by atoms with Crippen LogP contribution in [0.3, 0.4) is 0 Å². The Morgan fingerprint density at radius 1 is 1.21 bits per heavy atom. The smallest absolute Gasteiger partial charge is 0.232 e. The first-order valence-electron chi connectivity index (χ1n) is 9.43. The number of carbonyl (C=O) groups excluding carboxylic acids is 1. The van der Waals surface area contributed by atoms with Gasteiger partial charge in [-0.2, -0.15) is 0 Å². The Balaban J connectivity index is 1.60. The van der Waals surface area contributed by atoms with Gasteiger partial charge in [-0.1, -0.05) is 29.5 Å². The number of amides is 1. The predicted molar refractivity (Wildman–Crippen MR) is 114 cm³/mol. The lowest BCUT2D eigenvalue weighted by molar-refractivity contribution is -0.123. The lowest BCUT2D eigenvalue weighted by atomic mass is 9.96. The van der Waals surface area contributed by atoms with Gasteiger partial charge in [-0.25, -0.2) is 17.7 Å². The van der Waals surface area contributed by atoms with Crippen LogP contribution in [-0.2, 0) is 21.4 Å². The van der Waals surface area contributed by atoms with Crippen LogP contribution in [0, 0.1) is 5.92 Å². The number of hydrogen-bond donors (Lipinski definition) is 0. The van der Waals surface area contributed by atoms with Crippen molar-refractivity contribution in [3.05, 3.63) is 54.4 Å². The third kappa shape index (κ3) is 4.47. The molecule has 0 unspecified atom stereocenters. The van der Waals surface area contributed by atoms with Gasteiger partial charge in [0.1, 0.15) is 0 Å². The van der Waals surface area contributed by atoms with Gasteiger partial charge in [0.25, 0.3) is 0 Å². The molecule has 0 atom stereocenters. The highest BCUT2D eigenvalue weighted by atomic mass is 32.2. The molecule has 1 aliphatic rings. The molecule has 2 aromatic heterocycles. The number of benzene rings is 1. The van der Waals surface area contributed by atoms with Crippen molar-refractivity contribution < 1.29 is 13.2 Å². The second-order valence-electron chi connectivity index (χ2n) is 7.19. The molecule has 0 N–H and O–H groups in total. The summed E-state index contributed by atoms with van der Waals surface area (Å²) in [6, 6.07) is 11.6. The van der Waals surface area contributed by atoms with Crippen LogP contribution in [0.5, 0.6) is 0 Å². The number of sulfonamides is 1. The van der Waals surface area contributed by atoms with E-state index in [0.29, 0.717) is 37.6 Å². The molecule has 152 valence electrons. The number of thiazole rings is 1. The second-order valence-corrected chi connectivity index (χ2v) is 10.2. The largest absolute Gasteiger partial charge is 0.283 e. The summed E-state index contributed by atoms with van der Waals surface area (Å²) in [7, 11) is -3.22. The summed E-state index contributed by atoms with van der Waals surface area (Å²) in [5, 5.41) is 0.658. The summed E-state index contributed by atoms with van der Waals surface area (Å²) >= 11 is 1.49. The zero-order chi connectivity index (χ0) is 20.4. The standard InChI is InChI=1S/C20H22N4O3S2/c1-29(26,27)23-11-8-16(9-12-23)19(25)24(14-15-5-4-10-21-13-15)20-22-17-6-2-3-7-18(17)28-20/h2-7,10,13,16H,8-9,11-12,14H2,1H3. The van der Waals surface area contributed by atoms with Gasteiger partial charge in [-0.3, -0.25) is 14.7 Å². The number of carbonyl (C=O) groups is 1. The molecule has 1 amide bonds. The lowest BCUT2D eigenvalue weighted by Gasteiger charge is -2.32. The van der Waals surface area contributed by atoms with E-state index < -0.39 is 10.0 Å². The molecule has 1 aromatic carbocycles. The Bertz CT molecular complexity index is 1070. The number of aromatic nitrogens is 2. The van der Waals surface area contributed by atoms with Crippen LogP contribution in [0.15, 0.2) is 48.8 Å². The average molecular weight is 431 g/mol. The molecule has 4 rings (SSSR count). The van der Waals surface area contributed by atoms with Crippen LogP contribution in [0.2, 0.25) is 0 Å². The number of hydrogen-bond acceptors (Lipinski definition) is 6. The van der Waals surface area contributed by atoms with Gasteiger partial charge in [0.05, 0.1) is 23.0 Å². The maximum Gasteiger partial charge on any atom is 0.232 e. The van der Waals surface area contributed by atoms with Crippen LogP contribution in [0.4, 0.5) is 5.13 Å². The first-order chi connectivity index (χ1) is 13.9. The summed E-state index contributed by atoms with van der Waals surface area (Å²) in [4.78, 5) is 24.0. The van der Waals surface area contributed by atoms with Gasteiger partial charge < -0.3 is 0 Å². The topological polar surface area (TPSA) is 83.5 Å². The molecule has 3 heterocycles. The maximum atomic E-state index is 13.4. The van der Waals surface area contributed by atoms with Crippen LogP contribution in [0.25, 0.3) is 10.2 Å². The first kappa shape index (κ1) is 19.9. The SMILES string of the molecule is CS(=O)(=O)N1CCC(C(=O)N(Cc2cccnc2)c2nc3ccccc3s2)CC1. The normalized spacial score (nSPS) is 16.2. The molecule has 0 aliphatic carbocycles. The Morgan fingerprint density at radius 2 is 1.97 bits per heavy atom. The Labute approximate surface area is 174 Å². The fraction of sp³-hybridized carbons (Fsp3) is 0.350. The van der Waals surface area contributed by atoms with Crippen molar-refractivity contribution in [2.45, 2.75) is 19.4 Å². The number of para-hydroxylation sites is 1. The van der Waals surface area contributed by atoms with Gasteiger partial charge in [0.15, 0.2) is 5.13 Å². The van der Waals surface area contributed by atoms with E-state index in [1.165, 1.54) is 21.9 Å². The molecule has 9 heteroatoms. The van der Waals surface area contributed by atoms with Crippen molar-refractivity contribution in [3.8, 4) is 0 Å².